The van der Waals surface area contributed by atoms with E-state index in [-0.39, 0.29) is 0 Å². The molecule has 0 atom stereocenters. The van der Waals surface area contributed by atoms with E-state index in [0.29, 0.717) is 0 Å². The van der Waals surface area contributed by atoms with Gasteiger partial charge in [0.15, 0.2) is 0 Å². The molecule has 3 heteroatoms. The molecule has 0 fully saturated rings. The molecule has 0 aromatic heterocycles. The second kappa shape index (κ2) is 6.58. The summed E-state index contributed by atoms with van der Waals surface area (Å²) in [7, 11) is 0. The van der Waals surface area contributed by atoms with Crippen LogP contribution in [0.1, 0.15) is 0 Å². The van der Waals surface area contributed by atoms with Crippen LogP contribution in [0.2, 0.25) is 0 Å². The molecule has 0 saturated carbocycles. The Labute approximate surface area is 76.4 Å². The van der Waals surface area contributed by atoms with Crippen molar-refractivity contribution in [2.45, 2.75) is 4.90 Å². The molecule has 0 aliphatic carbocycles. The lowest BCUT2D eigenvalue weighted by molar-refractivity contribution is 0.606. The van der Waals surface area contributed by atoms with Gasteiger partial charge in [-0.25, -0.2) is 0 Å². The van der Waals surface area contributed by atoms with Gasteiger partial charge in [-0.1, -0.05) is 29.4 Å². The van der Waals surface area contributed by atoms with Crippen LogP contribution in [-0.2, 0) is 11.2 Å². The Morgan fingerprint density at radius 1 is 1.18 bits per heavy atom. The van der Waals surface area contributed by atoms with Crippen molar-refractivity contribution < 1.29 is 4.55 Å². The van der Waals surface area contributed by atoms with Crippen LogP contribution in [0.4, 0.5) is 0 Å². The molecule has 0 N–H and O–H groups in total. The summed E-state index contributed by atoms with van der Waals surface area (Å²) in [5.41, 5.74) is 0. The van der Waals surface area contributed by atoms with Gasteiger partial charge >= 0.3 is 0 Å². The van der Waals surface area contributed by atoms with E-state index in [2.05, 4.69) is 12.6 Å². The van der Waals surface area contributed by atoms with E-state index < -0.39 is 11.2 Å². The van der Waals surface area contributed by atoms with Crippen molar-refractivity contribution in [3.8, 4) is 0 Å². The molecule has 11 heavy (non-hydrogen) atoms. The third-order valence-corrected chi connectivity index (χ3v) is 1.05. The Kier molecular flexibility index (Phi) is 6.51. The molecule has 0 unspecified atom stereocenters. The lowest BCUT2D eigenvalue weighted by Crippen LogP contribution is -1.86. The molecule has 0 aliphatic heterocycles. The van der Waals surface area contributed by atoms with Gasteiger partial charge in [0.1, 0.15) is 0 Å². The molecule has 0 saturated heterocycles. The minimum absolute atomic E-state index is 0.611. The first-order valence-corrected chi connectivity index (χ1v) is 5.53. The number of hydrogen-bond donors (Lipinski definition) is 1. The number of benzene rings is 1. The van der Waals surface area contributed by atoms with Gasteiger partial charge < -0.3 is 4.55 Å². The average Bonchev–Trinajstić information content (AvgIpc) is 1.87. The Morgan fingerprint density at radius 3 is 1.73 bits per heavy atom. The van der Waals surface area contributed by atoms with E-state index in [9.17, 15) is 4.55 Å². The average molecular weight is 188 g/mol. The zero-order valence-electron chi connectivity index (χ0n) is 6.65. The van der Waals surface area contributed by atoms with Gasteiger partial charge in [-0.15, -0.1) is 12.6 Å². The molecule has 1 aromatic carbocycles. The van der Waals surface area contributed by atoms with Crippen LogP contribution in [-0.4, -0.2) is 17.1 Å². The van der Waals surface area contributed by atoms with Crippen molar-refractivity contribution >= 4 is 23.8 Å². The van der Waals surface area contributed by atoms with Crippen molar-refractivity contribution in [3.63, 3.8) is 0 Å². The maximum Gasteiger partial charge on any atom is 0.0946 e. The highest BCUT2D eigenvalue weighted by Gasteiger charge is 1.73. The van der Waals surface area contributed by atoms with E-state index in [1.807, 2.05) is 30.3 Å². The second-order valence-corrected chi connectivity index (χ2v) is 4.08. The molecular formula is C8H12OS2. The van der Waals surface area contributed by atoms with Crippen LogP contribution in [0.5, 0.6) is 0 Å². The number of rotatable bonds is 0. The summed E-state index contributed by atoms with van der Waals surface area (Å²) in [4.78, 5) is 1.02. The second-order valence-electron chi connectivity index (χ2n) is 2.08. The van der Waals surface area contributed by atoms with Crippen molar-refractivity contribution in [1.29, 1.82) is 0 Å². The fourth-order valence-electron chi connectivity index (χ4n) is 0.428. The van der Waals surface area contributed by atoms with Crippen LogP contribution >= 0.6 is 12.6 Å². The van der Waals surface area contributed by atoms with Crippen molar-refractivity contribution in [3.05, 3.63) is 30.3 Å². The first kappa shape index (κ1) is 10.9. The first-order valence-electron chi connectivity index (χ1n) is 3.12. The minimum Gasteiger partial charge on any atom is -0.617 e. The molecule has 1 rings (SSSR count). The number of thiol groups is 1. The molecule has 0 bridgehead atoms. The van der Waals surface area contributed by atoms with Gasteiger partial charge in [0.2, 0.25) is 0 Å². The van der Waals surface area contributed by atoms with Crippen molar-refractivity contribution in [1.82, 2.24) is 0 Å². The smallest absolute Gasteiger partial charge is 0.0946 e. The van der Waals surface area contributed by atoms with Crippen LogP contribution in [0.25, 0.3) is 0 Å². The fraction of sp³-hybridized carbons (Fsp3) is 0.250. The molecule has 1 nitrogen and oxygen atoms in total. The third-order valence-electron chi connectivity index (χ3n) is 0.756. The maximum atomic E-state index is 9.56. The highest BCUT2D eigenvalue weighted by Crippen LogP contribution is 2.00. The largest absolute Gasteiger partial charge is 0.617 e. The van der Waals surface area contributed by atoms with Crippen molar-refractivity contribution in [2.75, 3.05) is 12.5 Å². The quantitative estimate of drug-likeness (QED) is 0.488. The predicted molar refractivity (Wildman–Crippen MR) is 53.7 cm³/mol. The molecule has 0 aliphatic rings. The van der Waals surface area contributed by atoms with Gasteiger partial charge in [0.05, 0.1) is 12.5 Å². The van der Waals surface area contributed by atoms with Crippen LogP contribution < -0.4 is 0 Å². The standard InChI is InChI=1S/C6H6S.C2H6OS/c7-6-4-2-1-3-5-6;1-4(2)3/h1-5,7H;1-2H3. The van der Waals surface area contributed by atoms with E-state index in [4.69, 9.17) is 0 Å². The molecule has 0 spiro atoms. The molecule has 1 aromatic rings. The summed E-state index contributed by atoms with van der Waals surface area (Å²) in [5, 5.41) is 0. The Balaban J connectivity index is 0.000000218. The normalized spacial score (nSPS) is 8.82. The van der Waals surface area contributed by atoms with Crippen molar-refractivity contribution in [2.24, 2.45) is 0 Å². The maximum absolute atomic E-state index is 9.56. The molecule has 62 valence electrons. The molecule has 0 amide bonds. The first-order chi connectivity index (χ1) is 5.13. The Morgan fingerprint density at radius 2 is 1.55 bits per heavy atom. The van der Waals surface area contributed by atoms with E-state index >= 15 is 0 Å². The highest BCUT2D eigenvalue weighted by atomic mass is 32.2. The molecule has 0 heterocycles. The topological polar surface area (TPSA) is 23.1 Å². The SMILES string of the molecule is C[S+](C)[O-].Sc1ccccc1. The van der Waals surface area contributed by atoms with Gasteiger partial charge in [0, 0.05) is 4.90 Å². The highest BCUT2D eigenvalue weighted by molar-refractivity contribution is 7.89. The minimum atomic E-state index is -0.611. The lowest BCUT2D eigenvalue weighted by Gasteiger charge is -1.87. The van der Waals surface area contributed by atoms with Gasteiger partial charge in [-0.2, -0.15) is 0 Å². The third kappa shape index (κ3) is 9.88. The monoisotopic (exact) mass is 188 g/mol. The summed E-state index contributed by atoms with van der Waals surface area (Å²) in [6.45, 7) is 0. The lowest BCUT2D eigenvalue weighted by atomic mass is 10.4. The zero-order valence-corrected chi connectivity index (χ0v) is 8.36. The Bertz CT molecular complexity index is 172. The summed E-state index contributed by atoms with van der Waals surface area (Å²) < 4.78 is 9.56. The van der Waals surface area contributed by atoms with Gasteiger partial charge in [-0.3, -0.25) is 0 Å². The van der Waals surface area contributed by atoms with E-state index in [1.54, 1.807) is 12.5 Å². The molecule has 0 radical (unpaired) electrons. The fourth-order valence-corrected chi connectivity index (χ4v) is 0.600. The molecular weight excluding hydrogens is 176 g/mol. The zero-order chi connectivity index (χ0) is 8.69. The van der Waals surface area contributed by atoms with Crippen LogP contribution in [0, 0.1) is 0 Å². The van der Waals surface area contributed by atoms with E-state index in [0.717, 1.165) is 4.90 Å². The summed E-state index contributed by atoms with van der Waals surface area (Å²) in [5.74, 6) is 0. The van der Waals surface area contributed by atoms with Crippen LogP contribution in [0.3, 0.4) is 0 Å². The predicted octanol–water partition coefficient (Wildman–Crippen LogP) is 1.97. The summed E-state index contributed by atoms with van der Waals surface area (Å²) >= 11 is 3.47. The Hall–Kier alpha value is -0.120. The summed E-state index contributed by atoms with van der Waals surface area (Å²) in [6, 6.07) is 9.79. The number of hydrogen-bond acceptors (Lipinski definition) is 2. The van der Waals surface area contributed by atoms with Gasteiger partial charge in [-0.05, 0) is 12.1 Å². The summed E-state index contributed by atoms with van der Waals surface area (Å²) in [6.07, 6.45) is 3.28. The van der Waals surface area contributed by atoms with Crippen LogP contribution in [0.15, 0.2) is 35.2 Å². The van der Waals surface area contributed by atoms with E-state index in [1.165, 1.54) is 0 Å². The van der Waals surface area contributed by atoms with Gasteiger partial charge in [0.25, 0.3) is 0 Å².